The van der Waals surface area contributed by atoms with E-state index in [2.05, 4.69) is 53.2 Å². The first-order chi connectivity index (χ1) is 33.6. The molecule has 0 aromatic heterocycles. The first kappa shape index (κ1) is 60.9. The molecule has 2 aliphatic heterocycles. The maximum atomic E-state index is 14.0. The number of aryl methyl sites for hydroxylation is 2. The van der Waals surface area contributed by atoms with Gasteiger partial charge in [-0.05, 0) is 99.1 Å². The van der Waals surface area contributed by atoms with Crippen molar-refractivity contribution in [3.05, 3.63) is 215 Å². The zero-order valence-electron chi connectivity index (χ0n) is 42.1. The van der Waals surface area contributed by atoms with Gasteiger partial charge in [0.1, 0.15) is 12.1 Å². The van der Waals surface area contributed by atoms with Crippen molar-refractivity contribution in [2.24, 2.45) is 0 Å². The largest absolute Gasteiger partial charge is 1.00 e. The summed E-state index contributed by atoms with van der Waals surface area (Å²) in [6.45, 7) is 2.69. The number of carboxylic acids is 1. The van der Waals surface area contributed by atoms with Gasteiger partial charge in [0, 0.05) is 25.2 Å². The molecule has 6 aromatic rings. The van der Waals surface area contributed by atoms with Gasteiger partial charge in [-0.2, -0.15) is 0 Å². The first-order valence-corrected chi connectivity index (χ1v) is 24.2. The molecule has 0 saturated carbocycles. The second-order valence-electron chi connectivity index (χ2n) is 18.3. The topological polar surface area (TPSA) is 172 Å². The van der Waals surface area contributed by atoms with Crippen molar-refractivity contribution in [3.8, 4) is 0 Å². The molecule has 0 bridgehead atoms. The molecular formula is C60H73LiN4O8. The summed E-state index contributed by atoms with van der Waals surface area (Å²) in [5.74, 6) is -2.48. The molecule has 73 heavy (non-hydrogen) atoms. The van der Waals surface area contributed by atoms with Crippen LogP contribution in [-0.4, -0.2) is 131 Å². The van der Waals surface area contributed by atoms with Gasteiger partial charge < -0.3 is 40.4 Å². The summed E-state index contributed by atoms with van der Waals surface area (Å²) in [5, 5.41) is 9.97. The van der Waals surface area contributed by atoms with Gasteiger partial charge in [-0.1, -0.05) is 189 Å². The Hall–Kier alpha value is -6.36. The number of methoxy groups -OCH3 is 1. The van der Waals surface area contributed by atoms with Gasteiger partial charge in [0.05, 0.1) is 18.9 Å². The first-order valence-electron chi connectivity index (χ1n) is 24.2. The minimum atomic E-state index is -0.937. The summed E-state index contributed by atoms with van der Waals surface area (Å²) < 4.78 is 5.12. The molecule has 0 unspecified atom stereocenters. The van der Waals surface area contributed by atoms with Gasteiger partial charge in [-0.3, -0.25) is 9.59 Å². The minimum absolute atomic E-state index is 0. The predicted octanol–water partition coefficient (Wildman–Crippen LogP) is 5.60. The van der Waals surface area contributed by atoms with Crippen molar-refractivity contribution in [1.82, 2.24) is 19.6 Å². The number of esters is 1. The molecule has 2 amide bonds. The standard InChI is InChI=1S/C30H34N2O3.C29H32N2O3.CH4.Li.2H2O/c1-31(20-12-15-23-13-6-3-7-14-23)26-21-27(30(34)35-2)32(22-26)29(33)28(24-16-8-4-9-17-24)25-18-10-5-11-19-25;1-30(19-11-14-22-12-5-2-6-13-22)25-20-26(29(33)34)31(21-25)28(32)27(23-15-7-3-8-16-23)24-17-9-4-10-18-24;;;;/h3-11,13-14,16-19,26-28H,12,15,20-22H2,1-2H3;2-10,12-13,15-18,25-27H,11,14,19-21H2,1H3,(H,33,34);1H4;;2*1H2/q;;;+1;;/p-1/t26-,27-;25-,26-;;;;/m00..../s1. The summed E-state index contributed by atoms with van der Waals surface area (Å²) in [6, 6.07) is 58.4. The number of carbonyl (C=O) groups excluding carboxylic acids is 3. The van der Waals surface area contributed by atoms with Gasteiger partial charge in [-0.15, -0.1) is 0 Å². The fourth-order valence-electron chi connectivity index (χ4n) is 9.94. The fraction of sp³-hybridized carbons (Fsp3) is 0.333. The van der Waals surface area contributed by atoms with Gasteiger partial charge in [0.25, 0.3) is 0 Å². The molecule has 6 aromatic carbocycles. The Morgan fingerprint density at radius 3 is 1.12 bits per heavy atom. The molecule has 2 heterocycles. The summed E-state index contributed by atoms with van der Waals surface area (Å²) in [7, 11) is 5.52. The van der Waals surface area contributed by atoms with Crippen LogP contribution in [0.1, 0.15) is 78.3 Å². The van der Waals surface area contributed by atoms with Crippen LogP contribution in [0.15, 0.2) is 182 Å². The molecular weight excluding hydrogens is 912 g/mol. The van der Waals surface area contributed by atoms with Crippen molar-refractivity contribution in [1.29, 1.82) is 0 Å². The fourth-order valence-corrected chi connectivity index (χ4v) is 9.94. The smallest absolute Gasteiger partial charge is 0.870 e. The molecule has 12 nitrogen and oxygen atoms in total. The van der Waals surface area contributed by atoms with E-state index in [4.69, 9.17) is 4.74 Å². The third-order valence-corrected chi connectivity index (χ3v) is 13.8. The Bertz CT molecular complexity index is 2450. The van der Waals surface area contributed by atoms with Crippen molar-refractivity contribution < 1.29 is 58.8 Å². The number of aliphatic carboxylic acids is 1. The van der Waals surface area contributed by atoms with E-state index in [1.165, 1.54) is 18.2 Å². The Morgan fingerprint density at radius 1 is 0.534 bits per heavy atom. The van der Waals surface area contributed by atoms with Gasteiger partial charge in [0.2, 0.25) is 11.8 Å². The van der Waals surface area contributed by atoms with Gasteiger partial charge in [0.15, 0.2) is 0 Å². The van der Waals surface area contributed by atoms with E-state index in [1.807, 2.05) is 153 Å². The van der Waals surface area contributed by atoms with Crippen LogP contribution in [0.3, 0.4) is 0 Å². The van der Waals surface area contributed by atoms with Gasteiger partial charge in [-0.25, -0.2) is 9.59 Å². The molecule has 2 fully saturated rings. The summed E-state index contributed by atoms with van der Waals surface area (Å²) >= 11 is 0. The number of hydrogen-bond acceptors (Lipinski definition) is 8. The van der Waals surface area contributed by atoms with Crippen LogP contribution in [0.25, 0.3) is 0 Å². The third-order valence-electron chi connectivity index (χ3n) is 13.8. The summed E-state index contributed by atoms with van der Waals surface area (Å²) in [5.41, 5.74) is 6.23. The van der Waals surface area contributed by atoms with Crippen LogP contribution in [0.4, 0.5) is 0 Å². The zero-order valence-corrected chi connectivity index (χ0v) is 42.1. The van der Waals surface area contributed by atoms with E-state index in [9.17, 15) is 24.3 Å². The van der Waals surface area contributed by atoms with E-state index in [0.717, 1.165) is 61.0 Å². The van der Waals surface area contributed by atoms with E-state index < -0.39 is 29.9 Å². The number of hydrogen-bond donors (Lipinski definition) is 1. The number of ether oxygens (including phenoxy) is 1. The second kappa shape index (κ2) is 30.6. The van der Waals surface area contributed by atoms with Crippen molar-refractivity contribution >= 4 is 23.8 Å². The van der Waals surface area contributed by atoms with E-state index in [0.29, 0.717) is 25.9 Å². The zero-order chi connectivity index (χ0) is 48.5. The quantitative estimate of drug-likeness (QED) is 0.0851. The van der Waals surface area contributed by atoms with Crippen molar-refractivity contribution in [2.45, 2.75) is 82.0 Å². The molecule has 2 saturated heterocycles. The number of likely N-dealkylation sites (N-methyl/N-ethyl adjacent to an activating group) is 2. The number of carbonyl (C=O) groups is 4. The average molecular weight is 985 g/mol. The van der Waals surface area contributed by atoms with Crippen LogP contribution < -0.4 is 18.9 Å². The monoisotopic (exact) mass is 985 g/mol. The minimum Gasteiger partial charge on any atom is -0.870 e. The molecule has 8 rings (SSSR count). The van der Waals surface area contributed by atoms with Crippen LogP contribution in [0.2, 0.25) is 0 Å². The average Bonchev–Trinajstić information content (AvgIpc) is 4.06. The molecule has 4 N–H and O–H groups in total. The van der Waals surface area contributed by atoms with Crippen LogP contribution in [-0.2, 0) is 36.8 Å². The molecule has 2 aliphatic rings. The second-order valence-corrected chi connectivity index (χ2v) is 18.3. The normalized spacial score (nSPS) is 16.8. The Morgan fingerprint density at radius 2 is 0.822 bits per heavy atom. The molecule has 4 atom stereocenters. The van der Waals surface area contributed by atoms with Crippen LogP contribution in [0.5, 0.6) is 0 Å². The number of amides is 2. The van der Waals surface area contributed by atoms with E-state index in [-0.39, 0.29) is 67.1 Å². The van der Waals surface area contributed by atoms with E-state index in [1.54, 1.807) is 9.80 Å². The number of rotatable bonds is 18. The maximum absolute atomic E-state index is 14.0. The molecule has 0 radical (unpaired) electrons. The molecule has 0 spiro atoms. The van der Waals surface area contributed by atoms with Crippen molar-refractivity contribution in [3.63, 3.8) is 0 Å². The van der Waals surface area contributed by atoms with Crippen LogP contribution in [0, 0.1) is 0 Å². The maximum Gasteiger partial charge on any atom is 1.00 e. The molecule has 13 heteroatoms. The Balaban J connectivity index is 0.000000365. The number of likely N-dealkylation sites (tertiary alicyclic amines) is 2. The van der Waals surface area contributed by atoms with Gasteiger partial charge >= 0.3 is 30.8 Å². The third kappa shape index (κ3) is 16.3. The SMILES string of the molecule is C.CN(CCCc1ccccc1)[C@H]1C[C@@H](C(=O)O)N(C(=O)C(c2ccccc2)c2ccccc2)C1.COC(=O)[C@@H]1C[C@H](N(C)CCCc2ccccc2)CN1C(=O)C(c1ccccc1)c1ccccc1.O.[Li+].[OH-]. The predicted molar refractivity (Wildman–Crippen MR) is 284 cm³/mol. The summed E-state index contributed by atoms with van der Waals surface area (Å²) in [6.07, 6.45) is 5.01. The number of benzene rings is 6. The van der Waals surface area contributed by atoms with E-state index >= 15 is 0 Å². The van der Waals surface area contributed by atoms with Crippen molar-refractivity contribution in [2.75, 3.05) is 47.4 Å². The van der Waals surface area contributed by atoms with Crippen LogP contribution >= 0.6 is 0 Å². The Kier molecular flexibility index (Phi) is 25.6. The number of nitrogens with zero attached hydrogens (tertiary/aromatic N) is 4. The molecule has 382 valence electrons. The Labute approximate surface area is 444 Å². The number of carboxylic acid groups (broad SMARTS) is 1. The molecule has 0 aliphatic carbocycles. The summed E-state index contributed by atoms with van der Waals surface area (Å²) in [4.78, 5) is 60.7.